The third kappa shape index (κ3) is 4.76. The zero-order chi connectivity index (χ0) is 17.5. The van der Waals surface area contributed by atoms with Crippen molar-refractivity contribution in [1.29, 1.82) is 0 Å². The second-order valence-electron chi connectivity index (χ2n) is 6.14. The molecular formula is C19H24N4O2. The Kier molecular flexibility index (Phi) is 5.95. The number of carbonyl (C=O) groups excluding carboxylic acids is 1. The zero-order valence-corrected chi connectivity index (χ0v) is 14.5. The lowest BCUT2D eigenvalue weighted by atomic mass is 10.0. The molecule has 3 rings (SSSR count). The second kappa shape index (κ2) is 8.58. The number of nitrogens with one attached hydrogen (secondary N) is 1. The van der Waals surface area contributed by atoms with Gasteiger partial charge in [0.05, 0.1) is 12.3 Å². The fourth-order valence-electron chi connectivity index (χ4n) is 3.04. The molecule has 25 heavy (non-hydrogen) atoms. The topological polar surface area (TPSA) is 67.3 Å². The van der Waals surface area contributed by atoms with Gasteiger partial charge in [-0.15, -0.1) is 0 Å². The van der Waals surface area contributed by atoms with Gasteiger partial charge in [-0.05, 0) is 44.0 Å². The van der Waals surface area contributed by atoms with Gasteiger partial charge in [0.2, 0.25) is 0 Å². The van der Waals surface area contributed by atoms with Gasteiger partial charge in [-0.2, -0.15) is 0 Å². The van der Waals surface area contributed by atoms with Crippen LogP contribution in [0.3, 0.4) is 0 Å². The molecule has 0 saturated carbocycles. The molecule has 2 aromatic heterocycles. The summed E-state index contributed by atoms with van der Waals surface area (Å²) < 4.78 is 5.11. The lowest BCUT2D eigenvalue weighted by Crippen LogP contribution is -2.39. The fourth-order valence-corrected chi connectivity index (χ4v) is 3.04. The maximum atomic E-state index is 12.0. The van der Waals surface area contributed by atoms with Crippen LogP contribution >= 0.6 is 0 Å². The first-order chi connectivity index (χ1) is 12.3. The highest BCUT2D eigenvalue weighted by Crippen LogP contribution is 2.20. The van der Waals surface area contributed by atoms with Gasteiger partial charge in [-0.25, -0.2) is 9.78 Å². The van der Waals surface area contributed by atoms with Crippen molar-refractivity contribution in [3.8, 4) is 0 Å². The first-order valence-corrected chi connectivity index (χ1v) is 8.77. The quantitative estimate of drug-likeness (QED) is 0.816. The summed E-state index contributed by atoms with van der Waals surface area (Å²) in [6, 6.07) is 9.84. The Balaban J connectivity index is 1.55. The predicted molar refractivity (Wildman–Crippen MR) is 96.4 cm³/mol. The summed E-state index contributed by atoms with van der Waals surface area (Å²) >= 11 is 0. The minimum Gasteiger partial charge on any atom is -0.462 e. The Bertz CT molecular complexity index is 685. The summed E-state index contributed by atoms with van der Waals surface area (Å²) in [5.41, 5.74) is 1.60. The van der Waals surface area contributed by atoms with Crippen molar-refractivity contribution in [3.63, 3.8) is 0 Å². The molecule has 3 heterocycles. The van der Waals surface area contributed by atoms with E-state index in [1.165, 1.54) is 0 Å². The lowest BCUT2D eigenvalue weighted by molar-refractivity contribution is 0.0527. The molecule has 0 amide bonds. The Morgan fingerprint density at radius 2 is 2.00 bits per heavy atom. The number of rotatable bonds is 6. The van der Waals surface area contributed by atoms with Gasteiger partial charge in [0.1, 0.15) is 11.4 Å². The molecule has 0 aliphatic carbocycles. The first-order valence-electron chi connectivity index (χ1n) is 8.77. The van der Waals surface area contributed by atoms with E-state index >= 15 is 0 Å². The van der Waals surface area contributed by atoms with Crippen LogP contribution < -0.4 is 5.32 Å². The standard InChI is InChI=1S/C19H24N4O2/c1-2-25-19(24)17-7-5-11-21-18(17)22-15-8-12-23(13-9-15)14-16-6-3-4-10-20-16/h3-7,10-11,15H,2,8-9,12-14H2,1H3,(H,21,22). The molecular weight excluding hydrogens is 316 g/mol. The average molecular weight is 340 g/mol. The minimum atomic E-state index is -0.328. The highest BCUT2D eigenvalue weighted by atomic mass is 16.5. The highest BCUT2D eigenvalue weighted by Gasteiger charge is 2.22. The molecule has 0 spiro atoms. The average Bonchev–Trinajstić information content (AvgIpc) is 2.65. The highest BCUT2D eigenvalue weighted by molar-refractivity contribution is 5.94. The van der Waals surface area contributed by atoms with Crippen LogP contribution in [0.2, 0.25) is 0 Å². The molecule has 2 aromatic rings. The number of likely N-dealkylation sites (tertiary alicyclic amines) is 1. The number of pyridine rings is 2. The summed E-state index contributed by atoms with van der Waals surface area (Å²) in [4.78, 5) is 23.2. The second-order valence-corrected chi connectivity index (χ2v) is 6.14. The number of ether oxygens (including phenoxy) is 1. The summed E-state index contributed by atoms with van der Waals surface area (Å²) in [7, 11) is 0. The SMILES string of the molecule is CCOC(=O)c1cccnc1NC1CCN(Cc2ccccn2)CC1. The number of anilines is 1. The van der Waals surface area contributed by atoms with E-state index in [1.807, 2.05) is 18.3 Å². The Morgan fingerprint density at radius 1 is 1.20 bits per heavy atom. The summed E-state index contributed by atoms with van der Waals surface area (Å²) in [5.74, 6) is 0.287. The van der Waals surface area contributed by atoms with Crippen molar-refractivity contribution < 1.29 is 9.53 Å². The zero-order valence-electron chi connectivity index (χ0n) is 14.5. The number of hydrogen-bond donors (Lipinski definition) is 1. The largest absolute Gasteiger partial charge is 0.462 e. The predicted octanol–water partition coefficient (Wildman–Crippen LogP) is 2.73. The van der Waals surface area contributed by atoms with Gasteiger partial charge in [-0.1, -0.05) is 6.07 Å². The van der Waals surface area contributed by atoms with Crippen molar-refractivity contribution in [3.05, 3.63) is 54.0 Å². The Morgan fingerprint density at radius 3 is 2.72 bits per heavy atom. The normalized spacial score (nSPS) is 15.7. The molecule has 6 heteroatoms. The minimum absolute atomic E-state index is 0.308. The van der Waals surface area contributed by atoms with E-state index < -0.39 is 0 Å². The van der Waals surface area contributed by atoms with Crippen LogP contribution in [0.15, 0.2) is 42.7 Å². The molecule has 0 unspecified atom stereocenters. The number of hydrogen-bond acceptors (Lipinski definition) is 6. The number of carbonyl (C=O) groups is 1. The molecule has 1 N–H and O–H groups in total. The van der Waals surface area contributed by atoms with Crippen LogP contribution in [0.5, 0.6) is 0 Å². The van der Waals surface area contributed by atoms with E-state index in [2.05, 4.69) is 26.3 Å². The van der Waals surface area contributed by atoms with Crippen molar-refractivity contribution in [2.45, 2.75) is 32.4 Å². The number of aromatic nitrogens is 2. The molecule has 1 saturated heterocycles. The summed E-state index contributed by atoms with van der Waals surface area (Å²) in [6.45, 7) is 5.04. The molecule has 1 aliphatic heterocycles. The number of esters is 1. The molecule has 0 aromatic carbocycles. The molecule has 0 bridgehead atoms. The lowest BCUT2D eigenvalue weighted by Gasteiger charge is -2.32. The fraction of sp³-hybridized carbons (Fsp3) is 0.421. The van der Waals surface area contributed by atoms with Crippen LogP contribution in [0.4, 0.5) is 5.82 Å². The van der Waals surface area contributed by atoms with Gasteiger partial charge in [0, 0.05) is 38.1 Å². The molecule has 6 nitrogen and oxygen atoms in total. The molecule has 0 atom stereocenters. The van der Waals surface area contributed by atoms with Crippen molar-refractivity contribution in [1.82, 2.24) is 14.9 Å². The van der Waals surface area contributed by atoms with Crippen LogP contribution in [0.1, 0.15) is 35.8 Å². The molecule has 1 aliphatic rings. The maximum absolute atomic E-state index is 12.0. The Labute approximate surface area is 148 Å². The van der Waals surface area contributed by atoms with E-state index in [0.717, 1.165) is 38.2 Å². The van der Waals surface area contributed by atoms with E-state index in [1.54, 1.807) is 25.3 Å². The molecule has 0 radical (unpaired) electrons. The van der Waals surface area contributed by atoms with Gasteiger partial charge in [0.25, 0.3) is 0 Å². The third-order valence-electron chi connectivity index (χ3n) is 4.34. The van der Waals surface area contributed by atoms with Crippen LogP contribution in [-0.2, 0) is 11.3 Å². The van der Waals surface area contributed by atoms with E-state index in [-0.39, 0.29) is 5.97 Å². The number of nitrogens with zero attached hydrogens (tertiary/aromatic N) is 3. The van der Waals surface area contributed by atoms with Crippen molar-refractivity contribution in [2.75, 3.05) is 25.0 Å². The van der Waals surface area contributed by atoms with Crippen LogP contribution in [0.25, 0.3) is 0 Å². The van der Waals surface area contributed by atoms with E-state index in [0.29, 0.717) is 24.0 Å². The third-order valence-corrected chi connectivity index (χ3v) is 4.34. The van der Waals surface area contributed by atoms with Gasteiger partial charge in [-0.3, -0.25) is 9.88 Å². The summed E-state index contributed by atoms with van der Waals surface area (Å²) in [6.07, 6.45) is 5.54. The monoisotopic (exact) mass is 340 g/mol. The molecule has 1 fully saturated rings. The van der Waals surface area contributed by atoms with Gasteiger partial charge >= 0.3 is 5.97 Å². The van der Waals surface area contributed by atoms with Crippen molar-refractivity contribution >= 4 is 11.8 Å². The number of piperidine rings is 1. The van der Waals surface area contributed by atoms with Crippen LogP contribution in [0, 0.1) is 0 Å². The van der Waals surface area contributed by atoms with Gasteiger partial charge < -0.3 is 10.1 Å². The Hall–Kier alpha value is -2.47. The first kappa shape index (κ1) is 17.4. The maximum Gasteiger partial charge on any atom is 0.341 e. The smallest absolute Gasteiger partial charge is 0.341 e. The van der Waals surface area contributed by atoms with Crippen molar-refractivity contribution in [2.24, 2.45) is 0 Å². The summed E-state index contributed by atoms with van der Waals surface area (Å²) in [5, 5.41) is 3.42. The van der Waals surface area contributed by atoms with E-state index in [4.69, 9.17) is 4.74 Å². The van der Waals surface area contributed by atoms with Crippen LogP contribution in [-0.4, -0.2) is 46.6 Å². The van der Waals surface area contributed by atoms with E-state index in [9.17, 15) is 4.79 Å². The van der Waals surface area contributed by atoms with Gasteiger partial charge in [0.15, 0.2) is 0 Å². The molecule has 132 valence electrons.